The number of rotatable bonds is 3. The average molecular weight is 286 g/mol. The van der Waals surface area contributed by atoms with Crippen molar-refractivity contribution in [2.75, 3.05) is 7.11 Å². The van der Waals surface area contributed by atoms with Gasteiger partial charge in [-0.2, -0.15) is 0 Å². The number of aromatic amines is 1. The molecule has 0 fully saturated rings. The Bertz CT molecular complexity index is 715. The quantitative estimate of drug-likeness (QED) is 0.876. The van der Waals surface area contributed by atoms with Gasteiger partial charge in [0, 0.05) is 0 Å². The highest BCUT2D eigenvalue weighted by atomic mass is 19.3. The molecule has 20 heavy (non-hydrogen) atoms. The van der Waals surface area contributed by atoms with E-state index in [-0.39, 0.29) is 16.6 Å². The molecule has 0 amide bonds. The minimum absolute atomic E-state index is 0.0931. The second-order valence-corrected chi connectivity index (χ2v) is 3.91. The molecule has 1 unspecified atom stereocenters. The number of fused-ring (bicyclic) bond motifs is 1. The Morgan fingerprint density at radius 3 is 2.65 bits per heavy atom. The maximum atomic E-state index is 13.2. The van der Waals surface area contributed by atoms with E-state index in [1.54, 1.807) is 0 Å². The second kappa shape index (κ2) is 5.32. The molecule has 106 valence electrons. The van der Waals surface area contributed by atoms with Crippen molar-refractivity contribution >= 4 is 17.0 Å². The largest absolute Gasteiger partial charge is 0.465 e. The van der Waals surface area contributed by atoms with Crippen molar-refractivity contribution in [1.82, 2.24) is 9.97 Å². The van der Waals surface area contributed by atoms with Crippen LogP contribution < -0.4 is 5.56 Å². The Balaban J connectivity index is 2.57. The number of H-pyrrole nitrogens is 1. The molecule has 1 atom stereocenters. The Morgan fingerprint density at radius 1 is 1.35 bits per heavy atom. The van der Waals surface area contributed by atoms with Crippen molar-refractivity contribution in [2.24, 2.45) is 0 Å². The molecule has 0 spiro atoms. The fourth-order valence-corrected chi connectivity index (χ4v) is 1.65. The van der Waals surface area contributed by atoms with Crippen LogP contribution in [0.1, 0.15) is 22.2 Å². The van der Waals surface area contributed by atoms with Crippen molar-refractivity contribution in [3.8, 4) is 0 Å². The highest BCUT2D eigenvalue weighted by Gasteiger charge is 2.26. The van der Waals surface area contributed by atoms with Crippen LogP contribution >= 0.6 is 0 Å². The van der Waals surface area contributed by atoms with Gasteiger partial charge in [0.2, 0.25) is 6.17 Å². The maximum Gasteiger partial charge on any atom is 0.337 e. The summed E-state index contributed by atoms with van der Waals surface area (Å²) in [6.07, 6.45) is -6.10. The van der Waals surface area contributed by atoms with Gasteiger partial charge in [-0.15, -0.1) is 0 Å². The van der Waals surface area contributed by atoms with Gasteiger partial charge < -0.3 is 9.72 Å². The van der Waals surface area contributed by atoms with Crippen LogP contribution in [0, 0.1) is 0 Å². The lowest BCUT2D eigenvalue weighted by molar-refractivity contribution is 0.0466. The van der Waals surface area contributed by atoms with E-state index in [1.165, 1.54) is 25.3 Å². The van der Waals surface area contributed by atoms with Gasteiger partial charge in [0.25, 0.3) is 12.0 Å². The smallest absolute Gasteiger partial charge is 0.337 e. The molecule has 0 aliphatic heterocycles. The number of aromatic nitrogens is 2. The summed E-state index contributed by atoms with van der Waals surface area (Å²) >= 11 is 0. The van der Waals surface area contributed by atoms with Crippen molar-refractivity contribution in [1.29, 1.82) is 0 Å². The lowest BCUT2D eigenvalue weighted by atomic mass is 10.2. The Kier molecular flexibility index (Phi) is 3.73. The topological polar surface area (TPSA) is 72.0 Å². The first-order chi connectivity index (χ1) is 9.43. The van der Waals surface area contributed by atoms with Gasteiger partial charge in [0.15, 0.2) is 0 Å². The van der Waals surface area contributed by atoms with E-state index in [4.69, 9.17) is 0 Å². The first-order valence-corrected chi connectivity index (χ1v) is 5.48. The summed E-state index contributed by atoms with van der Waals surface area (Å²) in [4.78, 5) is 28.6. The van der Waals surface area contributed by atoms with Crippen molar-refractivity contribution < 1.29 is 22.7 Å². The number of hydrogen-bond acceptors (Lipinski definition) is 4. The third-order valence-electron chi connectivity index (χ3n) is 2.62. The molecule has 0 aliphatic carbocycles. The molecule has 1 aromatic carbocycles. The number of esters is 1. The maximum absolute atomic E-state index is 13.2. The van der Waals surface area contributed by atoms with E-state index in [0.29, 0.717) is 0 Å². The molecule has 0 aliphatic rings. The van der Waals surface area contributed by atoms with E-state index in [1.807, 2.05) is 0 Å². The predicted molar refractivity (Wildman–Crippen MR) is 63.6 cm³/mol. The zero-order valence-electron chi connectivity index (χ0n) is 10.2. The highest BCUT2D eigenvalue weighted by molar-refractivity contribution is 5.93. The summed E-state index contributed by atoms with van der Waals surface area (Å²) in [6, 6.07) is 3.91. The second-order valence-electron chi connectivity index (χ2n) is 3.91. The monoisotopic (exact) mass is 286 g/mol. The molecule has 0 saturated carbocycles. The molecule has 1 heterocycles. The lowest BCUT2D eigenvalue weighted by Gasteiger charge is -2.07. The van der Waals surface area contributed by atoms with Crippen LogP contribution in [0.2, 0.25) is 0 Å². The van der Waals surface area contributed by atoms with Crippen LogP contribution in [-0.4, -0.2) is 29.5 Å². The minimum Gasteiger partial charge on any atom is -0.465 e. The summed E-state index contributed by atoms with van der Waals surface area (Å²) in [5, 5.41) is 0. The molecule has 8 heteroatoms. The predicted octanol–water partition coefficient (Wildman–Crippen LogP) is 1.99. The molecular weight excluding hydrogens is 277 g/mol. The standard InChI is InChI=1S/C12H9F3N2O3/c1-20-12(19)5-2-3-6-7(4-5)17-11(18)9(16-6)8(13)10(14)15/h2-4,8,10H,1H3,(H,17,18). The third-order valence-corrected chi connectivity index (χ3v) is 2.62. The number of carbonyl (C=O) groups is 1. The third kappa shape index (κ3) is 2.49. The van der Waals surface area contributed by atoms with Gasteiger partial charge in [0.05, 0.1) is 23.7 Å². The number of hydrogen-bond donors (Lipinski definition) is 1. The molecule has 2 aromatic rings. The van der Waals surface area contributed by atoms with E-state index in [2.05, 4.69) is 14.7 Å². The van der Waals surface area contributed by atoms with Gasteiger partial charge in [-0.25, -0.2) is 22.9 Å². The first kappa shape index (κ1) is 14.0. The Labute approximate surface area is 110 Å². The van der Waals surface area contributed by atoms with Gasteiger partial charge >= 0.3 is 5.97 Å². The molecule has 1 N–H and O–H groups in total. The summed E-state index contributed by atoms with van der Waals surface area (Å²) in [7, 11) is 1.19. The van der Waals surface area contributed by atoms with Crippen LogP contribution in [-0.2, 0) is 4.74 Å². The Morgan fingerprint density at radius 2 is 2.05 bits per heavy atom. The van der Waals surface area contributed by atoms with Crippen molar-refractivity contribution in [3.63, 3.8) is 0 Å². The first-order valence-electron chi connectivity index (χ1n) is 5.48. The van der Waals surface area contributed by atoms with Gasteiger partial charge in [-0.05, 0) is 18.2 Å². The van der Waals surface area contributed by atoms with E-state index < -0.39 is 29.8 Å². The number of halogens is 3. The number of carbonyl (C=O) groups excluding carboxylic acids is 1. The van der Waals surface area contributed by atoms with E-state index >= 15 is 0 Å². The number of methoxy groups -OCH3 is 1. The number of ether oxygens (including phenoxy) is 1. The number of nitrogens with zero attached hydrogens (tertiary/aromatic N) is 1. The van der Waals surface area contributed by atoms with Crippen LogP contribution in [0.4, 0.5) is 13.2 Å². The summed E-state index contributed by atoms with van der Waals surface area (Å²) in [5.74, 6) is -0.632. The fraction of sp³-hybridized carbons (Fsp3) is 0.250. The highest BCUT2D eigenvalue weighted by Crippen LogP contribution is 2.21. The molecule has 0 bridgehead atoms. The van der Waals surface area contributed by atoms with Crippen LogP contribution in [0.25, 0.3) is 11.0 Å². The normalized spacial score (nSPS) is 12.7. The summed E-state index contributed by atoms with van der Waals surface area (Å²) in [6.45, 7) is 0. The van der Waals surface area contributed by atoms with Crippen LogP contribution in [0.3, 0.4) is 0 Å². The van der Waals surface area contributed by atoms with E-state index in [0.717, 1.165) is 0 Å². The molecule has 5 nitrogen and oxygen atoms in total. The van der Waals surface area contributed by atoms with Crippen LogP contribution in [0.15, 0.2) is 23.0 Å². The zero-order chi connectivity index (χ0) is 14.9. The van der Waals surface area contributed by atoms with Gasteiger partial charge in [-0.1, -0.05) is 0 Å². The molecule has 0 saturated heterocycles. The summed E-state index contributed by atoms with van der Waals surface area (Å²) < 4.78 is 42.3. The van der Waals surface area contributed by atoms with Crippen molar-refractivity contribution in [2.45, 2.75) is 12.6 Å². The Hall–Kier alpha value is -2.38. The number of benzene rings is 1. The SMILES string of the molecule is COC(=O)c1ccc2nc(C(F)C(F)F)c(=O)[nH]c2c1. The van der Waals surface area contributed by atoms with Gasteiger partial charge in [-0.3, -0.25) is 4.79 Å². The van der Waals surface area contributed by atoms with Crippen LogP contribution in [0.5, 0.6) is 0 Å². The molecule has 1 aromatic heterocycles. The zero-order valence-corrected chi connectivity index (χ0v) is 10.2. The average Bonchev–Trinajstić information content (AvgIpc) is 2.44. The van der Waals surface area contributed by atoms with E-state index in [9.17, 15) is 22.8 Å². The summed E-state index contributed by atoms with van der Waals surface area (Å²) in [5.41, 5.74) is -1.58. The fourth-order valence-electron chi connectivity index (χ4n) is 1.65. The molecule has 0 radical (unpaired) electrons. The number of alkyl halides is 3. The minimum atomic E-state index is -3.34. The van der Waals surface area contributed by atoms with Gasteiger partial charge in [0.1, 0.15) is 5.69 Å². The molecular formula is C12H9F3N2O3. The lowest BCUT2D eigenvalue weighted by Crippen LogP contribution is -2.20. The van der Waals surface area contributed by atoms with Crippen molar-refractivity contribution in [3.05, 3.63) is 39.8 Å². The number of nitrogens with one attached hydrogen (secondary N) is 1. The molecule has 2 rings (SSSR count).